The van der Waals surface area contributed by atoms with Crippen molar-refractivity contribution >= 4 is 38.6 Å². The maximum atomic E-state index is 12.3. The maximum Gasteiger partial charge on any atom is 0.262 e. The first-order valence-corrected chi connectivity index (χ1v) is 9.79. The molecule has 146 valence electrons. The summed E-state index contributed by atoms with van der Waals surface area (Å²) in [5.41, 5.74) is 4.81. The number of carbonyl (C=O) groups excluding carboxylic acids is 1. The number of aryl methyl sites for hydroxylation is 2. The van der Waals surface area contributed by atoms with Crippen LogP contribution in [0.15, 0.2) is 63.7 Å². The summed E-state index contributed by atoms with van der Waals surface area (Å²) in [5.74, 6) is 0.921. The lowest BCUT2D eigenvalue weighted by molar-refractivity contribution is -0.118. The molecule has 2 aromatic heterocycles. The fraction of sp³-hybridized carbons (Fsp3) is 0.136. The molecule has 0 spiro atoms. The van der Waals surface area contributed by atoms with E-state index in [2.05, 4.69) is 31.2 Å². The molecule has 0 atom stereocenters. The predicted octanol–water partition coefficient (Wildman–Crippen LogP) is 5.29. The van der Waals surface area contributed by atoms with E-state index in [9.17, 15) is 4.79 Å². The van der Waals surface area contributed by atoms with E-state index in [0.29, 0.717) is 28.4 Å². The third-order valence-corrected chi connectivity index (χ3v) is 4.75. The van der Waals surface area contributed by atoms with Crippen LogP contribution in [-0.2, 0) is 4.79 Å². The fourth-order valence-corrected chi connectivity index (χ4v) is 3.32. The van der Waals surface area contributed by atoms with Gasteiger partial charge in [0.2, 0.25) is 5.89 Å². The number of fused-ring (bicyclic) bond motifs is 1. The number of nitrogens with zero attached hydrogens (tertiary/aromatic N) is 2. The molecule has 0 unspecified atom stereocenters. The number of hydrogen-bond acceptors (Lipinski definition) is 5. The van der Waals surface area contributed by atoms with Gasteiger partial charge < -0.3 is 14.5 Å². The summed E-state index contributed by atoms with van der Waals surface area (Å²) < 4.78 is 12.3. The Hall–Kier alpha value is -3.19. The summed E-state index contributed by atoms with van der Waals surface area (Å²) in [5, 5.41) is 2.83. The minimum atomic E-state index is -0.246. The van der Waals surface area contributed by atoms with Gasteiger partial charge in [0.1, 0.15) is 11.3 Å². The van der Waals surface area contributed by atoms with Crippen LogP contribution < -0.4 is 10.1 Å². The standard InChI is InChI=1S/C22H18BrN3O3/c1-13-3-5-19(14(2)7-13)28-12-21(27)25-17-4-6-20-18(9-17)26-22(29-20)15-8-16(23)11-24-10-15/h3-11H,12H2,1-2H3,(H,25,27). The summed E-state index contributed by atoms with van der Waals surface area (Å²) in [6.45, 7) is 3.90. The highest BCUT2D eigenvalue weighted by Crippen LogP contribution is 2.27. The molecule has 4 aromatic rings. The van der Waals surface area contributed by atoms with Crippen molar-refractivity contribution in [2.75, 3.05) is 11.9 Å². The van der Waals surface area contributed by atoms with Gasteiger partial charge in [-0.05, 0) is 65.7 Å². The van der Waals surface area contributed by atoms with Gasteiger partial charge in [-0.3, -0.25) is 9.78 Å². The molecular weight excluding hydrogens is 434 g/mol. The molecule has 29 heavy (non-hydrogen) atoms. The highest BCUT2D eigenvalue weighted by atomic mass is 79.9. The van der Waals surface area contributed by atoms with Crippen LogP contribution in [0, 0.1) is 13.8 Å². The van der Waals surface area contributed by atoms with Crippen LogP contribution in [0.5, 0.6) is 5.75 Å². The lowest BCUT2D eigenvalue weighted by Crippen LogP contribution is -2.20. The molecule has 0 aliphatic heterocycles. The second-order valence-corrected chi connectivity index (χ2v) is 7.61. The number of nitrogens with one attached hydrogen (secondary N) is 1. The van der Waals surface area contributed by atoms with Gasteiger partial charge in [-0.15, -0.1) is 0 Å². The van der Waals surface area contributed by atoms with Crippen molar-refractivity contribution in [2.24, 2.45) is 0 Å². The van der Waals surface area contributed by atoms with Crippen LogP contribution in [-0.4, -0.2) is 22.5 Å². The Kier molecular flexibility index (Phi) is 5.31. The first-order valence-electron chi connectivity index (χ1n) is 8.99. The van der Waals surface area contributed by atoms with E-state index in [4.69, 9.17) is 9.15 Å². The Morgan fingerprint density at radius 2 is 2.00 bits per heavy atom. The van der Waals surface area contributed by atoms with E-state index in [1.54, 1.807) is 30.6 Å². The summed E-state index contributed by atoms with van der Waals surface area (Å²) in [7, 11) is 0. The van der Waals surface area contributed by atoms with Gasteiger partial charge in [-0.2, -0.15) is 0 Å². The number of benzene rings is 2. The van der Waals surface area contributed by atoms with Crippen LogP contribution in [0.1, 0.15) is 11.1 Å². The minimum Gasteiger partial charge on any atom is -0.483 e. The molecule has 6 nitrogen and oxygen atoms in total. The molecule has 7 heteroatoms. The number of anilines is 1. The molecule has 2 heterocycles. The summed E-state index contributed by atoms with van der Waals surface area (Å²) >= 11 is 3.39. The maximum absolute atomic E-state index is 12.3. The van der Waals surface area contributed by atoms with Crippen LogP contribution in [0.25, 0.3) is 22.6 Å². The average molecular weight is 452 g/mol. The second-order valence-electron chi connectivity index (χ2n) is 6.70. The monoisotopic (exact) mass is 451 g/mol. The first-order chi connectivity index (χ1) is 14.0. The molecule has 2 aromatic carbocycles. The zero-order valence-electron chi connectivity index (χ0n) is 15.9. The van der Waals surface area contributed by atoms with Crippen LogP contribution in [0.4, 0.5) is 5.69 Å². The Morgan fingerprint density at radius 3 is 2.79 bits per heavy atom. The molecule has 4 rings (SSSR count). The number of halogens is 1. The molecule has 0 radical (unpaired) electrons. The largest absolute Gasteiger partial charge is 0.483 e. The van der Waals surface area contributed by atoms with Crippen molar-refractivity contribution in [1.82, 2.24) is 9.97 Å². The fourth-order valence-electron chi connectivity index (χ4n) is 2.96. The molecule has 0 fully saturated rings. The Bertz CT molecular complexity index is 1200. The van der Waals surface area contributed by atoms with Gasteiger partial charge in [0.05, 0.1) is 5.56 Å². The van der Waals surface area contributed by atoms with Crippen LogP contribution in [0.3, 0.4) is 0 Å². The van der Waals surface area contributed by atoms with E-state index in [0.717, 1.165) is 21.2 Å². The summed E-state index contributed by atoms with van der Waals surface area (Å²) in [6.07, 6.45) is 3.38. The zero-order chi connectivity index (χ0) is 20.4. The van der Waals surface area contributed by atoms with Gasteiger partial charge in [0, 0.05) is 22.6 Å². The predicted molar refractivity (Wildman–Crippen MR) is 115 cm³/mol. The van der Waals surface area contributed by atoms with Crippen molar-refractivity contribution < 1.29 is 13.9 Å². The SMILES string of the molecule is Cc1ccc(OCC(=O)Nc2ccc3oc(-c4cncc(Br)c4)nc3c2)c(C)c1. The highest BCUT2D eigenvalue weighted by Gasteiger charge is 2.11. The lowest BCUT2D eigenvalue weighted by atomic mass is 10.1. The molecule has 1 N–H and O–H groups in total. The Morgan fingerprint density at radius 1 is 1.14 bits per heavy atom. The van der Waals surface area contributed by atoms with E-state index in [1.165, 1.54) is 0 Å². The van der Waals surface area contributed by atoms with Crippen molar-refractivity contribution in [3.05, 3.63) is 70.5 Å². The van der Waals surface area contributed by atoms with Gasteiger partial charge in [0.25, 0.3) is 5.91 Å². The van der Waals surface area contributed by atoms with E-state index in [1.807, 2.05) is 38.1 Å². The number of oxazole rings is 1. The average Bonchev–Trinajstić information content (AvgIpc) is 3.11. The molecule has 0 aliphatic rings. The van der Waals surface area contributed by atoms with E-state index < -0.39 is 0 Å². The molecular formula is C22H18BrN3O3. The van der Waals surface area contributed by atoms with Crippen LogP contribution >= 0.6 is 15.9 Å². The molecule has 0 bridgehead atoms. The summed E-state index contributed by atoms with van der Waals surface area (Å²) in [6, 6.07) is 13.0. The lowest BCUT2D eigenvalue weighted by Gasteiger charge is -2.10. The van der Waals surface area contributed by atoms with Crippen LogP contribution in [0.2, 0.25) is 0 Å². The van der Waals surface area contributed by atoms with Crippen molar-refractivity contribution in [1.29, 1.82) is 0 Å². The smallest absolute Gasteiger partial charge is 0.262 e. The second kappa shape index (κ2) is 8.05. The normalized spacial score (nSPS) is 10.9. The topological polar surface area (TPSA) is 77.2 Å². The summed E-state index contributed by atoms with van der Waals surface area (Å²) in [4.78, 5) is 20.9. The van der Waals surface area contributed by atoms with Gasteiger partial charge >= 0.3 is 0 Å². The number of amides is 1. The minimum absolute atomic E-state index is 0.0737. The van der Waals surface area contributed by atoms with E-state index >= 15 is 0 Å². The molecule has 0 aliphatic carbocycles. The number of hydrogen-bond donors (Lipinski definition) is 1. The number of pyridine rings is 1. The third kappa shape index (κ3) is 4.46. The Balaban J connectivity index is 1.46. The highest BCUT2D eigenvalue weighted by molar-refractivity contribution is 9.10. The molecule has 0 saturated carbocycles. The van der Waals surface area contributed by atoms with Crippen molar-refractivity contribution in [3.63, 3.8) is 0 Å². The number of carbonyl (C=O) groups is 1. The third-order valence-electron chi connectivity index (χ3n) is 4.31. The number of aromatic nitrogens is 2. The molecule has 1 amide bonds. The Labute approximate surface area is 176 Å². The first kappa shape index (κ1) is 19.1. The zero-order valence-corrected chi connectivity index (χ0v) is 17.5. The molecule has 0 saturated heterocycles. The van der Waals surface area contributed by atoms with E-state index in [-0.39, 0.29) is 12.5 Å². The number of ether oxygens (including phenoxy) is 1. The van der Waals surface area contributed by atoms with Gasteiger partial charge in [0.15, 0.2) is 12.2 Å². The van der Waals surface area contributed by atoms with Gasteiger partial charge in [-0.25, -0.2) is 4.98 Å². The quantitative estimate of drug-likeness (QED) is 0.446. The number of rotatable bonds is 5. The van der Waals surface area contributed by atoms with Crippen molar-refractivity contribution in [3.8, 4) is 17.2 Å². The van der Waals surface area contributed by atoms with Gasteiger partial charge in [-0.1, -0.05) is 17.7 Å². The van der Waals surface area contributed by atoms with Crippen molar-refractivity contribution in [2.45, 2.75) is 13.8 Å².